The Hall–Kier alpha value is -4.16. The summed E-state index contributed by atoms with van der Waals surface area (Å²) in [5.41, 5.74) is 2.55. The molecule has 0 amide bonds. The van der Waals surface area contributed by atoms with Crippen LogP contribution in [0.2, 0.25) is 0 Å². The number of rotatable bonds is 7. The average Bonchev–Trinajstić information content (AvgIpc) is 2.95. The Morgan fingerprint density at radius 3 is 0.800 bits per heavy atom. The third-order valence-electron chi connectivity index (χ3n) is 4.76. The van der Waals surface area contributed by atoms with Crippen molar-refractivity contribution in [2.75, 3.05) is 0 Å². The highest BCUT2D eigenvalue weighted by Gasteiger charge is 2.33. The standard InChI is InChI=1S/C18H15O4P.C12H10.H3O4P/c19-23(20-16-10-4-1-5-11-16,21-17-12-6-2-7-13-17)22-18-14-8-3-9-15-18;1-3-7-11(8-4-1)12-9-5-2-6-10-12;1-5(2,3)4/h1-15H;1-10H;(H3,1,2,3,4). The van der Waals surface area contributed by atoms with Gasteiger partial charge in [0.05, 0.1) is 0 Å². The van der Waals surface area contributed by atoms with Crippen LogP contribution >= 0.6 is 15.6 Å². The maximum absolute atomic E-state index is 13.1. The highest BCUT2D eigenvalue weighted by atomic mass is 31.2. The van der Waals surface area contributed by atoms with Crippen LogP contribution in [0.15, 0.2) is 152 Å². The molecule has 0 aliphatic rings. The van der Waals surface area contributed by atoms with Crippen molar-refractivity contribution >= 4 is 15.6 Å². The van der Waals surface area contributed by atoms with Crippen molar-refractivity contribution in [2.24, 2.45) is 0 Å². The average molecular weight is 578 g/mol. The minimum atomic E-state index is -4.64. The fraction of sp³-hybridized carbons (Fsp3) is 0. The van der Waals surface area contributed by atoms with E-state index in [0.717, 1.165) is 0 Å². The summed E-state index contributed by atoms with van der Waals surface area (Å²) in [6.07, 6.45) is 0. The largest absolute Gasteiger partial charge is 0.647 e. The molecule has 206 valence electrons. The van der Waals surface area contributed by atoms with E-state index in [4.69, 9.17) is 32.8 Å². The first-order valence-electron chi connectivity index (χ1n) is 11.9. The smallest absolute Gasteiger partial charge is 0.386 e. The number of hydrogen-bond acceptors (Lipinski definition) is 5. The number of hydrogen-bond donors (Lipinski definition) is 3. The van der Waals surface area contributed by atoms with Gasteiger partial charge in [0.25, 0.3) is 0 Å². The molecule has 5 rings (SSSR count). The molecular formula is C30H28O8P2. The van der Waals surface area contributed by atoms with Gasteiger partial charge >= 0.3 is 15.6 Å². The Bertz CT molecular complexity index is 1330. The Labute approximate surface area is 232 Å². The lowest BCUT2D eigenvalue weighted by Crippen LogP contribution is -2.07. The molecule has 0 radical (unpaired) electrons. The summed E-state index contributed by atoms with van der Waals surface area (Å²) in [5, 5.41) is 0. The van der Waals surface area contributed by atoms with E-state index in [0.29, 0.717) is 17.2 Å². The van der Waals surface area contributed by atoms with Crippen LogP contribution in [0.4, 0.5) is 0 Å². The number of phosphoric acid groups is 2. The van der Waals surface area contributed by atoms with Gasteiger partial charge in [0.1, 0.15) is 17.2 Å². The third-order valence-corrected chi connectivity index (χ3v) is 6.07. The van der Waals surface area contributed by atoms with Gasteiger partial charge in [-0.25, -0.2) is 4.57 Å². The summed E-state index contributed by atoms with van der Waals surface area (Å²) < 4.78 is 38.5. The van der Waals surface area contributed by atoms with E-state index in [-0.39, 0.29) is 0 Å². The topological polar surface area (TPSA) is 123 Å². The zero-order valence-electron chi connectivity index (χ0n) is 21.2. The monoisotopic (exact) mass is 578 g/mol. The van der Waals surface area contributed by atoms with Crippen molar-refractivity contribution in [3.63, 3.8) is 0 Å². The number of benzene rings is 5. The Kier molecular flexibility index (Phi) is 11.7. The molecule has 8 nitrogen and oxygen atoms in total. The Morgan fingerprint density at radius 1 is 0.375 bits per heavy atom. The van der Waals surface area contributed by atoms with Crippen molar-refractivity contribution in [2.45, 2.75) is 0 Å². The van der Waals surface area contributed by atoms with Gasteiger partial charge in [0.15, 0.2) is 0 Å². The molecule has 0 aliphatic heterocycles. The van der Waals surface area contributed by atoms with Gasteiger partial charge in [0.2, 0.25) is 0 Å². The summed E-state index contributed by atoms with van der Waals surface area (Å²) in [4.78, 5) is 21.6. The molecule has 0 aromatic heterocycles. The van der Waals surface area contributed by atoms with Crippen LogP contribution in [-0.4, -0.2) is 14.7 Å². The van der Waals surface area contributed by atoms with E-state index in [2.05, 4.69) is 48.5 Å². The van der Waals surface area contributed by atoms with Crippen molar-refractivity contribution in [3.05, 3.63) is 152 Å². The fourth-order valence-corrected chi connectivity index (χ4v) is 4.40. The van der Waals surface area contributed by atoms with Crippen LogP contribution in [0.25, 0.3) is 11.1 Å². The van der Waals surface area contributed by atoms with E-state index >= 15 is 0 Å². The van der Waals surface area contributed by atoms with E-state index < -0.39 is 15.6 Å². The van der Waals surface area contributed by atoms with E-state index in [1.165, 1.54) is 11.1 Å². The molecule has 0 spiro atoms. The van der Waals surface area contributed by atoms with Crippen molar-refractivity contribution < 1.29 is 37.4 Å². The minimum Gasteiger partial charge on any atom is -0.386 e. The third kappa shape index (κ3) is 12.1. The first-order chi connectivity index (χ1) is 19.2. The molecule has 0 bridgehead atoms. The summed E-state index contributed by atoms with van der Waals surface area (Å²) in [5.74, 6) is 1.22. The van der Waals surface area contributed by atoms with Crippen molar-refractivity contribution in [1.82, 2.24) is 0 Å². The quantitative estimate of drug-likeness (QED) is 0.168. The van der Waals surface area contributed by atoms with Crippen LogP contribution in [0.1, 0.15) is 0 Å². The summed E-state index contributed by atoms with van der Waals surface area (Å²) in [6, 6.07) is 47.1. The van der Waals surface area contributed by atoms with Gasteiger partial charge in [-0.3, -0.25) is 0 Å². The molecular weight excluding hydrogens is 550 g/mol. The van der Waals surface area contributed by atoms with Crippen LogP contribution < -0.4 is 13.6 Å². The Morgan fingerprint density at radius 2 is 0.575 bits per heavy atom. The normalized spacial score (nSPS) is 10.6. The lowest BCUT2D eigenvalue weighted by atomic mass is 10.1. The molecule has 0 atom stereocenters. The van der Waals surface area contributed by atoms with Crippen molar-refractivity contribution in [1.29, 1.82) is 0 Å². The molecule has 40 heavy (non-hydrogen) atoms. The zero-order chi connectivity index (χ0) is 28.7. The molecule has 0 fully saturated rings. The molecule has 3 N–H and O–H groups in total. The molecule has 0 unspecified atom stereocenters. The summed E-state index contributed by atoms with van der Waals surface area (Å²) >= 11 is 0. The molecule has 10 heteroatoms. The van der Waals surface area contributed by atoms with Gasteiger partial charge in [-0.15, -0.1) is 0 Å². The molecule has 5 aromatic rings. The second-order valence-corrected chi connectivity index (χ2v) is 10.4. The van der Waals surface area contributed by atoms with Gasteiger partial charge in [-0.2, -0.15) is 4.57 Å². The van der Waals surface area contributed by atoms with Crippen LogP contribution in [0.3, 0.4) is 0 Å². The minimum absolute atomic E-state index is 0.405. The second-order valence-electron chi connectivity index (χ2n) is 7.91. The number of para-hydroxylation sites is 3. The van der Waals surface area contributed by atoms with Crippen molar-refractivity contribution in [3.8, 4) is 28.4 Å². The summed E-state index contributed by atoms with van der Waals surface area (Å²) in [6.45, 7) is 0. The first kappa shape index (κ1) is 30.4. The lowest BCUT2D eigenvalue weighted by Gasteiger charge is -2.19. The van der Waals surface area contributed by atoms with Crippen LogP contribution in [0.5, 0.6) is 17.2 Å². The molecule has 0 saturated carbocycles. The van der Waals surface area contributed by atoms with Gasteiger partial charge in [-0.1, -0.05) is 115 Å². The maximum atomic E-state index is 13.1. The van der Waals surface area contributed by atoms with E-state index in [1.54, 1.807) is 72.8 Å². The SMILES string of the molecule is O=P(O)(O)O.O=P(Oc1ccccc1)(Oc1ccccc1)Oc1ccccc1.c1ccc(-c2ccccc2)cc1. The lowest BCUT2D eigenvalue weighted by molar-refractivity contribution is 0.275. The van der Waals surface area contributed by atoms with E-state index in [9.17, 15) is 4.57 Å². The maximum Gasteiger partial charge on any atom is 0.647 e. The molecule has 0 aliphatic carbocycles. The van der Waals surface area contributed by atoms with Gasteiger partial charge in [0, 0.05) is 0 Å². The van der Waals surface area contributed by atoms with Gasteiger partial charge in [-0.05, 0) is 47.5 Å². The van der Waals surface area contributed by atoms with Gasteiger partial charge < -0.3 is 28.3 Å². The highest BCUT2D eigenvalue weighted by molar-refractivity contribution is 7.49. The second kappa shape index (κ2) is 15.4. The van der Waals surface area contributed by atoms with Crippen LogP contribution in [0, 0.1) is 0 Å². The summed E-state index contributed by atoms with van der Waals surface area (Å²) in [7, 11) is -8.52. The predicted octanol–water partition coefficient (Wildman–Crippen LogP) is 7.76. The zero-order valence-corrected chi connectivity index (χ0v) is 23.0. The fourth-order valence-electron chi connectivity index (χ4n) is 3.15. The number of phosphoric ester groups is 1. The molecule has 0 heterocycles. The molecule has 0 saturated heterocycles. The predicted molar refractivity (Wildman–Crippen MR) is 155 cm³/mol. The molecule has 5 aromatic carbocycles. The van der Waals surface area contributed by atoms with Crippen LogP contribution in [-0.2, 0) is 9.13 Å². The first-order valence-corrected chi connectivity index (χ1v) is 15.0. The highest BCUT2D eigenvalue weighted by Crippen LogP contribution is 2.49. The van der Waals surface area contributed by atoms with E-state index in [1.807, 2.05) is 30.3 Å². The Balaban J connectivity index is 0.000000215.